The molecule has 1 aromatic heterocycles. The van der Waals surface area contributed by atoms with Crippen LogP contribution in [0, 0.1) is 5.82 Å². The summed E-state index contributed by atoms with van der Waals surface area (Å²) < 4.78 is 15.7. The standard InChI is InChI=1S/C13H13ClFN3O2/c14-12-9(2-1-3-10(12)15)8-17-6-4-11(19)18(7-5-16)13(17)20/h1-4,6H,5,7-8,16H2. The lowest BCUT2D eigenvalue weighted by atomic mass is 10.2. The highest BCUT2D eigenvalue weighted by atomic mass is 35.5. The number of rotatable bonds is 4. The van der Waals surface area contributed by atoms with E-state index in [4.69, 9.17) is 17.3 Å². The van der Waals surface area contributed by atoms with Crippen molar-refractivity contribution >= 4 is 11.6 Å². The second-order valence-corrected chi connectivity index (χ2v) is 4.60. The third-order valence-electron chi connectivity index (χ3n) is 2.86. The zero-order valence-electron chi connectivity index (χ0n) is 10.6. The van der Waals surface area contributed by atoms with E-state index in [2.05, 4.69) is 0 Å². The van der Waals surface area contributed by atoms with Gasteiger partial charge in [-0.15, -0.1) is 0 Å². The number of nitrogens with zero attached hydrogens (tertiary/aromatic N) is 2. The van der Waals surface area contributed by atoms with Crippen LogP contribution in [-0.2, 0) is 13.1 Å². The second-order valence-electron chi connectivity index (χ2n) is 4.22. The van der Waals surface area contributed by atoms with Gasteiger partial charge in [-0.05, 0) is 11.6 Å². The zero-order valence-corrected chi connectivity index (χ0v) is 11.3. The van der Waals surface area contributed by atoms with Crippen molar-refractivity contribution in [3.63, 3.8) is 0 Å². The molecule has 0 atom stereocenters. The largest absolute Gasteiger partial charge is 0.331 e. The van der Waals surface area contributed by atoms with Crippen LogP contribution >= 0.6 is 11.6 Å². The van der Waals surface area contributed by atoms with Crippen LogP contribution in [0.3, 0.4) is 0 Å². The van der Waals surface area contributed by atoms with Gasteiger partial charge in [-0.25, -0.2) is 9.18 Å². The van der Waals surface area contributed by atoms with Crippen LogP contribution in [0.5, 0.6) is 0 Å². The zero-order chi connectivity index (χ0) is 14.7. The normalized spacial score (nSPS) is 10.8. The van der Waals surface area contributed by atoms with Gasteiger partial charge in [-0.1, -0.05) is 23.7 Å². The Kier molecular flexibility index (Phi) is 4.36. The van der Waals surface area contributed by atoms with E-state index in [0.717, 1.165) is 4.57 Å². The summed E-state index contributed by atoms with van der Waals surface area (Å²) in [7, 11) is 0. The molecule has 1 aromatic carbocycles. The smallest absolute Gasteiger partial charge is 0.329 e. The van der Waals surface area contributed by atoms with Crippen LogP contribution in [0.1, 0.15) is 5.56 Å². The lowest BCUT2D eigenvalue weighted by Gasteiger charge is -2.10. The quantitative estimate of drug-likeness (QED) is 0.908. The molecule has 0 radical (unpaired) electrons. The maximum Gasteiger partial charge on any atom is 0.331 e. The number of nitrogens with two attached hydrogens (primary N) is 1. The van der Waals surface area contributed by atoms with Crippen LogP contribution in [0.2, 0.25) is 5.02 Å². The lowest BCUT2D eigenvalue weighted by molar-refractivity contribution is 0.576. The van der Waals surface area contributed by atoms with Crippen molar-refractivity contribution in [1.29, 1.82) is 0 Å². The summed E-state index contributed by atoms with van der Waals surface area (Å²) in [6.07, 6.45) is 1.36. The molecule has 1 heterocycles. The maximum atomic E-state index is 13.4. The average molecular weight is 298 g/mol. The Morgan fingerprint density at radius 3 is 2.70 bits per heavy atom. The van der Waals surface area contributed by atoms with Crippen molar-refractivity contribution in [1.82, 2.24) is 9.13 Å². The van der Waals surface area contributed by atoms with Gasteiger partial charge in [0.2, 0.25) is 0 Å². The first-order valence-corrected chi connectivity index (χ1v) is 6.35. The van der Waals surface area contributed by atoms with Gasteiger partial charge in [0.15, 0.2) is 0 Å². The molecule has 0 amide bonds. The number of hydrogen-bond donors (Lipinski definition) is 1. The molecule has 5 nitrogen and oxygen atoms in total. The van der Waals surface area contributed by atoms with Gasteiger partial charge in [0.05, 0.1) is 11.6 Å². The Bertz CT molecular complexity index is 739. The van der Waals surface area contributed by atoms with Crippen LogP contribution in [0.15, 0.2) is 40.1 Å². The maximum absolute atomic E-state index is 13.4. The van der Waals surface area contributed by atoms with Crippen molar-refractivity contribution in [2.75, 3.05) is 6.54 Å². The molecular weight excluding hydrogens is 285 g/mol. The molecule has 0 spiro atoms. The molecular formula is C13H13ClFN3O2. The van der Waals surface area contributed by atoms with Crippen molar-refractivity contribution in [2.45, 2.75) is 13.1 Å². The Morgan fingerprint density at radius 1 is 1.25 bits per heavy atom. The molecule has 0 saturated heterocycles. The minimum absolute atomic E-state index is 0.0315. The molecule has 0 aliphatic rings. The molecule has 0 bridgehead atoms. The monoisotopic (exact) mass is 297 g/mol. The highest BCUT2D eigenvalue weighted by Gasteiger charge is 2.09. The molecule has 0 fully saturated rings. The van der Waals surface area contributed by atoms with Gasteiger partial charge in [-0.2, -0.15) is 0 Å². The van der Waals surface area contributed by atoms with Crippen LogP contribution in [0.25, 0.3) is 0 Å². The van der Waals surface area contributed by atoms with Gasteiger partial charge >= 0.3 is 5.69 Å². The van der Waals surface area contributed by atoms with E-state index >= 15 is 0 Å². The molecule has 2 rings (SSSR count). The third-order valence-corrected chi connectivity index (χ3v) is 3.29. The van der Waals surface area contributed by atoms with Gasteiger partial charge in [-0.3, -0.25) is 13.9 Å². The fraction of sp³-hybridized carbons (Fsp3) is 0.231. The van der Waals surface area contributed by atoms with Gasteiger partial charge in [0, 0.05) is 25.4 Å². The number of aromatic nitrogens is 2. The van der Waals surface area contributed by atoms with Crippen LogP contribution in [0.4, 0.5) is 4.39 Å². The molecule has 0 aliphatic heterocycles. The lowest BCUT2D eigenvalue weighted by Crippen LogP contribution is -2.40. The molecule has 0 unspecified atom stereocenters. The fourth-order valence-corrected chi connectivity index (χ4v) is 2.05. The second kappa shape index (κ2) is 6.02. The van der Waals surface area contributed by atoms with Crippen molar-refractivity contribution in [3.05, 3.63) is 67.7 Å². The summed E-state index contributed by atoms with van der Waals surface area (Å²) in [5.41, 5.74) is 4.92. The van der Waals surface area contributed by atoms with E-state index in [1.165, 1.54) is 29.0 Å². The van der Waals surface area contributed by atoms with Gasteiger partial charge in [0.1, 0.15) is 5.82 Å². The van der Waals surface area contributed by atoms with E-state index in [1.54, 1.807) is 6.07 Å². The Labute approximate surface area is 119 Å². The highest BCUT2D eigenvalue weighted by molar-refractivity contribution is 6.31. The van der Waals surface area contributed by atoms with Crippen molar-refractivity contribution in [3.8, 4) is 0 Å². The van der Waals surface area contributed by atoms with Gasteiger partial charge in [0.25, 0.3) is 5.56 Å². The Morgan fingerprint density at radius 2 is 2.00 bits per heavy atom. The van der Waals surface area contributed by atoms with E-state index in [1.807, 2.05) is 0 Å². The molecule has 2 N–H and O–H groups in total. The molecule has 20 heavy (non-hydrogen) atoms. The first-order valence-electron chi connectivity index (χ1n) is 5.98. The minimum Gasteiger partial charge on any atom is -0.329 e. The van der Waals surface area contributed by atoms with Gasteiger partial charge < -0.3 is 5.73 Å². The number of hydrogen-bond acceptors (Lipinski definition) is 3. The summed E-state index contributed by atoms with van der Waals surface area (Å²) in [4.78, 5) is 23.7. The summed E-state index contributed by atoms with van der Waals surface area (Å²) >= 11 is 5.85. The highest BCUT2D eigenvalue weighted by Crippen LogP contribution is 2.19. The molecule has 106 valence electrons. The predicted octanol–water partition coefficient (Wildman–Crippen LogP) is 0.810. The average Bonchev–Trinajstić information content (AvgIpc) is 2.43. The number of halogens is 2. The Hall–Kier alpha value is -1.92. The first-order chi connectivity index (χ1) is 9.54. The van der Waals surface area contributed by atoms with Crippen molar-refractivity contribution in [2.24, 2.45) is 5.73 Å². The summed E-state index contributed by atoms with van der Waals surface area (Å²) in [5, 5.41) is -0.0315. The first kappa shape index (κ1) is 14.5. The third kappa shape index (κ3) is 2.81. The molecule has 2 aromatic rings. The molecule has 7 heteroatoms. The van der Waals surface area contributed by atoms with E-state index in [9.17, 15) is 14.0 Å². The minimum atomic E-state index is -0.549. The number of benzene rings is 1. The SMILES string of the molecule is NCCn1c(=O)ccn(Cc2cccc(F)c2Cl)c1=O. The van der Waals surface area contributed by atoms with E-state index < -0.39 is 17.1 Å². The van der Waals surface area contributed by atoms with Crippen LogP contribution in [-0.4, -0.2) is 15.7 Å². The summed E-state index contributed by atoms with van der Waals surface area (Å²) in [5.74, 6) is -0.549. The molecule has 0 saturated carbocycles. The van der Waals surface area contributed by atoms with E-state index in [-0.39, 0.29) is 24.7 Å². The van der Waals surface area contributed by atoms with E-state index in [0.29, 0.717) is 5.56 Å². The topological polar surface area (TPSA) is 70.0 Å². The summed E-state index contributed by atoms with van der Waals surface area (Å²) in [6, 6.07) is 5.64. The van der Waals surface area contributed by atoms with Crippen LogP contribution < -0.4 is 17.0 Å². The fourth-order valence-electron chi connectivity index (χ4n) is 1.87. The summed E-state index contributed by atoms with van der Waals surface area (Å²) in [6.45, 7) is 0.398. The molecule has 0 aliphatic carbocycles. The predicted molar refractivity (Wildman–Crippen MR) is 74.5 cm³/mol. The van der Waals surface area contributed by atoms with Crippen molar-refractivity contribution < 1.29 is 4.39 Å². The Balaban J connectivity index is 2.45.